The highest BCUT2D eigenvalue weighted by molar-refractivity contribution is 5.83. The van der Waals surface area contributed by atoms with E-state index in [9.17, 15) is 9.59 Å². The summed E-state index contributed by atoms with van der Waals surface area (Å²) in [5.74, 6) is 0.606. The van der Waals surface area contributed by atoms with E-state index < -0.39 is 0 Å². The zero-order valence-corrected chi connectivity index (χ0v) is 9.99. The van der Waals surface area contributed by atoms with Crippen molar-refractivity contribution in [2.24, 2.45) is 5.92 Å². The van der Waals surface area contributed by atoms with Crippen LogP contribution in [0.5, 0.6) is 0 Å². The second-order valence-corrected chi connectivity index (χ2v) is 4.67. The minimum Gasteiger partial charge on any atom is -0.331 e. The van der Waals surface area contributed by atoms with Crippen LogP contribution in [0.1, 0.15) is 26.7 Å². The van der Waals surface area contributed by atoms with E-state index in [2.05, 4.69) is 13.8 Å². The lowest BCUT2D eigenvalue weighted by molar-refractivity contribution is -0.123. The van der Waals surface area contributed by atoms with Crippen LogP contribution in [-0.2, 0) is 4.79 Å². The summed E-state index contributed by atoms with van der Waals surface area (Å²) < 4.78 is 0. The van der Waals surface area contributed by atoms with Crippen molar-refractivity contribution >= 4 is 11.8 Å². The van der Waals surface area contributed by atoms with Gasteiger partial charge in [-0.3, -0.25) is 4.79 Å². The number of carbonyl (C=O) groups is 2. The molecule has 1 atom stereocenters. The predicted octanol–water partition coefficient (Wildman–Crippen LogP) is 1.36. The molecule has 1 fully saturated rings. The number of rotatable bonds is 1. The van der Waals surface area contributed by atoms with E-state index in [4.69, 9.17) is 0 Å². The van der Waals surface area contributed by atoms with Gasteiger partial charge in [-0.25, -0.2) is 4.79 Å². The average Bonchev–Trinajstić information content (AvgIpc) is 2.16. The molecule has 0 bridgehead atoms. The third-order valence-corrected chi connectivity index (χ3v) is 2.87. The highest BCUT2D eigenvalue weighted by Crippen LogP contribution is 2.21. The molecule has 0 saturated carbocycles. The monoisotopic (exact) mass is 212 g/mol. The van der Waals surface area contributed by atoms with Crippen molar-refractivity contribution < 1.29 is 9.59 Å². The summed E-state index contributed by atoms with van der Waals surface area (Å²) in [5.41, 5.74) is 0. The third-order valence-electron chi connectivity index (χ3n) is 2.87. The molecule has 1 aliphatic heterocycles. The van der Waals surface area contributed by atoms with E-state index >= 15 is 0 Å². The molecular weight excluding hydrogens is 192 g/mol. The number of likely N-dealkylation sites (tertiary alicyclic amines) is 1. The molecule has 15 heavy (non-hydrogen) atoms. The molecule has 1 rings (SSSR count). The molecule has 4 heteroatoms. The summed E-state index contributed by atoms with van der Waals surface area (Å²) in [5, 5.41) is 0. The number of amides is 2. The fourth-order valence-electron chi connectivity index (χ4n) is 1.95. The van der Waals surface area contributed by atoms with Gasteiger partial charge < -0.3 is 9.80 Å². The van der Waals surface area contributed by atoms with Crippen LogP contribution in [0, 0.1) is 5.92 Å². The van der Waals surface area contributed by atoms with Crippen LogP contribution in [0.2, 0.25) is 0 Å². The summed E-state index contributed by atoms with van der Waals surface area (Å²) in [6.45, 7) is 4.68. The molecule has 1 aliphatic rings. The van der Waals surface area contributed by atoms with Gasteiger partial charge in [0.25, 0.3) is 0 Å². The van der Waals surface area contributed by atoms with Gasteiger partial charge >= 0.3 is 6.03 Å². The number of urea groups is 1. The van der Waals surface area contributed by atoms with Crippen molar-refractivity contribution in [2.45, 2.75) is 32.7 Å². The van der Waals surface area contributed by atoms with Crippen LogP contribution >= 0.6 is 0 Å². The van der Waals surface area contributed by atoms with Crippen molar-refractivity contribution in [3.63, 3.8) is 0 Å². The maximum absolute atomic E-state index is 11.9. The van der Waals surface area contributed by atoms with E-state index in [1.54, 1.807) is 19.0 Å². The Hall–Kier alpha value is -1.06. The molecule has 4 nitrogen and oxygen atoms in total. The first-order chi connectivity index (χ1) is 6.93. The highest BCUT2D eigenvalue weighted by atomic mass is 16.2. The smallest absolute Gasteiger partial charge is 0.319 e. The van der Waals surface area contributed by atoms with Crippen LogP contribution in [0.15, 0.2) is 0 Å². The van der Waals surface area contributed by atoms with Gasteiger partial charge in [-0.2, -0.15) is 0 Å². The third kappa shape index (κ3) is 2.70. The quantitative estimate of drug-likeness (QED) is 0.658. The molecule has 86 valence electrons. The lowest BCUT2D eigenvalue weighted by Gasteiger charge is -2.38. The number of hydrogen-bond donors (Lipinski definition) is 0. The summed E-state index contributed by atoms with van der Waals surface area (Å²) in [6.07, 6.45) is 1.01. The van der Waals surface area contributed by atoms with E-state index in [0.717, 1.165) is 0 Å². The second kappa shape index (κ2) is 4.64. The second-order valence-electron chi connectivity index (χ2n) is 4.67. The highest BCUT2D eigenvalue weighted by Gasteiger charge is 2.32. The Morgan fingerprint density at radius 3 is 2.53 bits per heavy atom. The molecule has 0 radical (unpaired) electrons. The molecule has 1 saturated heterocycles. The van der Waals surface area contributed by atoms with Crippen LogP contribution in [-0.4, -0.2) is 48.3 Å². The SMILES string of the molecule is CC(C)C1CC(=O)CCN1C(=O)N(C)C. The van der Waals surface area contributed by atoms with Gasteiger partial charge in [0.1, 0.15) is 5.78 Å². The fraction of sp³-hybridized carbons (Fsp3) is 0.818. The zero-order chi connectivity index (χ0) is 11.6. The first-order valence-corrected chi connectivity index (χ1v) is 5.43. The normalized spacial score (nSPS) is 22.1. The molecule has 0 aliphatic carbocycles. The average molecular weight is 212 g/mol. The Morgan fingerprint density at radius 2 is 2.07 bits per heavy atom. The number of ketones is 1. The largest absolute Gasteiger partial charge is 0.331 e. The van der Waals surface area contributed by atoms with Crippen LogP contribution < -0.4 is 0 Å². The van der Waals surface area contributed by atoms with E-state index in [1.165, 1.54) is 0 Å². The fourth-order valence-corrected chi connectivity index (χ4v) is 1.95. The summed E-state index contributed by atoms with van der Waals surface area (Å²) in [7, 11) is 3.49. The topological polar surface area (TPSA) is 40.6 Å². The molecule has 0 aromatic carbocycles. The minimum absolute atomic E-state index is 0.0150. The standard InChI is InChI=1S/C11H20N2O2/c1-8(2)10-7-9(14)5-6-13(10)11(15)12(3)4/h8,10H,5-7H2,1-4H3. The first kappa shape index (κ1) is 12.0. The number of Topliss-reactive ketones (excluding diaryl/α,β-unsaturated/α-hetero) is 1. The first-order valence-electron chi connectivity index (χ1n) is 5.43. The van der Waals surface area contributed by atoms with Gasteiger partial charge in [0.2, 0.25) is 0 Å². The van der Waals surface area contributed by atoms with E-state index in [-0.39, 0.29) is 17.9 Å². The Labute approximate surface area is 91.2 Å². The molecule has 1 unspecified atom stereocenters. The lowest BCUT2D eigenvalue weighted by atomic mass is 9.92. The van der Waals surface area contributed by atoms with Gasteiger partial charge in [0, 0.05) is 39.5 Å². The maximum Gasteiger partial charge on any atom is 0.319 e. The molecule has 0 aromatic rings. The summed E-state index contributed by atoms with van der Waals surface area (Å²) in [6, 6.07) is 0.0855. The number of nitrogens with zero attached hydrogens (tertiary/aromatic N) is 2. The Kier molecular flexibility index (Phi) is 3.72. The zero-order valence-electron chi connectivity index (χ0n) is 9.99. The van der Waals surface area contributed by atoms with Crippen molar-refractivity contribution in [1.29, 1.82) is 0 Å². The van der Waals surface area contributed by atoms with Crippen molar-refractivity contribution in [3.05, 3.63) is 0 Å². The Bertz CT molecular complexity index is 261. The Morgan fingerprint density at radius 1 is 1.47 bits per heavy atom. The number of carbonyl (C=O) groups excluding carboxylic acids is 2. The minimum atomic E-state index is 0.0150. The molecule has 2 amide bonds. The lowest BCUT2D eigenvalue weighted by Crippen LogP contribution is -2.52. The maximum atomic E-state index is 11.9. The summed E-state index contributed by atoms with van der Waals surface area (Å²) >= 11 is 0. The van der Waals surface area contributed by atoms with Crippen molar-refractivity contribution in [2.75, 3.05) is 20.6 Å². The van der Waals surface area contributed by atoms with Gasteiger partial charge in [-0.05, 0) is 5.92 Å². The summed E-state index contributed by atoms with van der Waals surface area (Å²) in [4.78, 5) is 26.6. The van der Waals surface area contributed by atoms with Crippen LogP contribution in [0.4, 0.5) is 4.79 Å². The number of hydrogen-bond acceptors (Lipinski definition) is 2. The van der Waals surface area contributed by atoms with E-state index in [1.807, 2.05) is 4.90 Å². The van der Waals surface area contributed by atoms with Crippen molar-refractivity contribution in [3.8, 4) is 0 Å². The van der Waals surface area contributed by atoms with Crippen LogP contribution in [0.3, 0.4) is 0 Å². The van der Waals surface area contributed by atoms with Gasteiger partial charge in [-0.1, -0.05) is 13.8 Å². The number of piperidine rings is 1. The van der Waals surface area contributed by atoms with Crippen molar-refractivity contribution in [1.82, 2.24) is 9.80 Å². The predicted molar refractivity (Wildman–Crippen MR) is 58.7 cm³/mol. The molecule has 1 heterocycles. The van der Waals surface area contributed by atoms with Gasteiger partial charge in [0.15, 0.2) is 0 Å². The molecular formula is C11H20N2O2. The van der Waals surface area contributed by atoms with Gasteiger partial charge in [-0.15, -0.1) is 0 Å². The Balaban J connectivity index is 2.77. The van der Waals surface area contributed by atoms with Crippen LogP contribution in [0.25, 0.3) is 0 Å². The van der Waals surface area contributed by atoms with Gasteiger partial charge in [0.05, 0.1) is 0 Å². The molecule has 0 aromatic heterocycles. The molecule has 0 N–H and O–H groups in total. The van der Waals surface area contributed by atoms with E-state index in [0.29, 0.717) is 25.3 Å². The molecule has 0 spiro atoms.